The van der Waals surface area contributed by atoms with Crippen molar-refractivity contribution in [1.29, 1.82) is 0 Å². The number of H-pyrrole nitrogens is 1. The van der Waals surface area contributed by atoms with Gasteiger partial charge in [0.15, 0.2) is 0 Å². The zero-order valence-corrected chi connectivity index (χ0v) is 32.6. The number of piperidine rings is 2. The van der Waals surface area contributed by atoms with Crippen molar-refractivity contribution in [3.05, 3.63) is 123 Å². The van der Waals surface area contributed by atoms with E-state index in [9.17, 15) is 14.7 Å². The molecule has 2 amide bonds. The molecule has 0 bridgehead atoms. The number of aliphatic hydroxyl groups excluding tert-OH is 1. The van der Waals surface area contributed by atoms with Crippen LogP contribution in [0, 0.1) is 0 Å². The van der Waals surface area contributed by atoms with Gasteiger partial charge in [0.1, 0.15) is 5.69 Å². The van der Waals surface area contributed by atoms with Gasteiger partial charge in [0.25, 0.3) is 5.91 Å². The number of hydrogen-bond acceptors (Lipinski definition) is 5. The quantitative estimate of drug-likeness (QED) is 0.135. The van der Waals surface area contributed by atoms with E-state index in [2.05, 4.69) is 20.1 Å². The Balaban J connectivity index is 1.21. The van der Waals surface area contributed by atoms with E-state index in [4.69, 9.17) is 39.8 Å². The third-order valence-corrected chi connectivity index (χ3v) is 11.8. The summed E-state index contributed by atoms with van der Waals surface area (Å²) in [5, 5.41) is 15.8. The molecule has 12 heteroatoms. The molecular weight excluding hydrogens is 755 g/mol. The molecule has 2 fully saturated rings. The molecule has 8 rings (SSSR count). The average Bonchev–Trinajstić information content (AvgIpc) is 3.80. The van der Waals surface area contributed by atoms with Crippen molar-refractivity contribution >= 4 is 68.9 Å². The maximum atomic E-state index is 14.8. The van der Waals surface area contributed by atoms with Crippen LogP contribution >= 0.6 is 34.8 Å². The van der Waals surface area contributed by atoms with Crippen molar-refractivity contribution in [3.8, 4) is 22.5 Å². The summed E-state index contributed by atoms with van der Waals surface area (Å²) in [5.41, 5.74) is 6.94. The summed E-state index contributed by atoms with van der Waals surface area (Å²) in [4.78, 5) is 40.2. The lowest BCUT2D eigenvalue weighted by atomic mass is 9.98. The first-order chi connectivity index (χ1) is 26.7. The molecule has 0 spiro atoms. The van der Waals surface area contributed by atoms with Gasteiger partial charge in [-0.15, -0.1) is 0 Å². The number of rotatable bonds is 9. The van der Waals surface area contributed by atoms with E-state index >= 15 is 0 Å². The number of aromatic amines is 1. The number of nitrogens with one attached hydrogen (secondary N) is 2. The van der Waals surface area contributed by atoms with E-state index in [1.807, 2.05) is 90.4 Å². The number of hydrogen-bond donors (Lipinski definition) is 3. The van der Waals surface area contributed by atoms with Gasteiger partial charge in [-0.3, -0.25) is 9.59 Å². The number of aromatic nitrogens is 3. The Kier molecular flexibility index (Phi) is 10.6. The summed E-state index contributed by atoms with van der Waals surface area (Å²) in [7, 11) is 0. The number of carbonyl (C=O) groups excluding carboxylic acids is 2. The molecule has 3 N–H and O–H groups in total. The zero-order chi connectivity index (χ0) is 38.2. The molecular formula is C43H41Cl3N6O3. The van der Waals surface area contributed by atoms with Crippen LogP contribution in [0.5, 0.6) is 0 Å². The van der Waals surface area contributed by atoms with Gasteiger partial charge in [0.05, 0.1) is 41.7 Å². The Morgan fingerprint density at radius 3 is 2.45 bits per heavy atom. The molecule has 0 saturated carbocycles. The van der Waals surface area contributed by atoms with E-state index in [1.54, 1.807) is 12.4 Å². The lowest BCUT2D eigenvalue weighted by Crippen LogP contribution is -2.49. The molecule has 282 valence electrons. The van der Waals surface area contributed by atoms with Crippen LogP contribution in [-0.4, -0.2) is 62.0 Å². The van der Waals surface area contributed by atoms with Crippen LogP contribution in [0.4, 0.5) is 11.4 Å². The average molecular weight is 796 g/mol. The molecule has 2 aromatic heterocycles. The van der Waals surface area contributed by atoms with Crippen molar-refractivity contribution in [2.24, 2.45) is 0 Å². The smallest absolute Gasteiger partial charge is 0.272 e. The fourth-order valence-electron chi connectivity index (χ4n) is 8.16. The first kappa shape index (κ1) is 37.1. The summed E-state index contributed by atoms with van der Waals surface area (Å²) in [6.07, 6.45) is 6.11. The van der Waals surface area contributed by atoms with Gasteiger partial charge in [-0.2, -0.15) is 0 Å². The van der Waals surface area contributed by atoms with E-state index in [1.165, 1.54) is 0 Å². The van der Waals surface area contributed by atoms with Crippen molar-refractivity contribution in [3.63, 3.8) is 0 Å². The van der Waals surface area contributed by atoms with Crippen molar-refractivity contribution in [2.75, 3.05) is 29.9 Å². The molecule has 1 atom stereocenters. The number of imidazole rings is 1. The highest BCUT2D eigenvalue weighted by Crippen LogP contribution is 2.43. The molecule has 0 radical (unpaired) electrons. The molecule has 6 aromatic rings. The maximum Gasteiger partial charge on any atom is 0.272 e. The summed E-state index contributed by atoms with van der Waals surface area (Å²) >= 11 is 19.6. The molecule has 0 aliphatic carbocycles. The maximum absolute atomic E-state index is 14.8. The van der Waals surface area contributed by atoms with Crippen LogP contribution in [0.3, 0.4) is 0 Å². The number of aliphatic hydroxyl groups is 1. The van der Waals surface area contributed by atoms with E-state index < -0.39 is 0 Å². The van der Waals surface area contributed by atoms with Crippen LogP contribution in [0.1, 0.15) is 66.7 Å². The van der Waals surface area contributed by atoms with Gasteiger partial charge in [-0.05, 0) is 80.1 Å². The number of halogens is 3. The van der Waals surface area contributed by atoms with Crippen LogP contribution in [-0.2, 0) is 11.4 Å². The standard InChI is InChI=1S/C43H41Cl3N6O3/c1-26(32-13-11-29(44)22-34(32)46)52-25-47-40(28-7-3-2-4-8-28)42(52)39-33-14-12-30(45)23-35(33)48-41(39)43(55)49-36-21-27(24-53)10-15-37(36)50-19-16-31(17-20-50)51-18-6-5-9-38(51)54/h2-4,7-8,10-15,21-23,25-26,31,48,53H,5-6,9,16-20,24H2,1H3,(H,49,55). The number of fused-ring (bicyclic) bond motifs is 1. The Labute approximate surface area is 334 Å². The second-order valence-corrected chi connectivity index (χ2v) is 15.6. The number of benzene rings is 4. The van der Waals surface area contributed by atoms with E-state index in [0.717, 1.165) is 73.2 Å². The second kappa shape index (κ2) is 15.7. The first-order valence-electron chi connectivity index (χ1n) is 18.7. The lowest BCUT2D eigenvalue weighted by molar-refractivity contribution is -0.136. The molecule has 2 aliphatic rings. The molecule has 4 aromatic carbocycles. The van der Waals surface area contributed by atoms with Gasteiger partial charge >= 0.3 is 0 Å². The third-order valence-electron chi connectivity index (χ3n) is 11.0. The molecule has 2 saturated heterocycles. The third kappa shape index (κ3) is 7.34. The second-order valence-electron chi connectivity index (χ2n) is 14.3. The zero-order valence-electron chi connectivity index (χ0n) is 30.4. The van der Waals surface area contributed by atoms with Gasteiger partial charge in [-0.25, -0.2) is 4.98 Å². The summed E-state index contributed by atoms with van der Waals surface area (Å²) < 4.78 is 2.04. The largest absolute Gasteiger partial charge is 0.392 e. The Hall–Kier alpha value is -4.80. The van der Waals surface area contributed by atoms with Crippen LogP contribution in [0.2, 0.25) is 15.1 Å². The molecule has 55 heavy (non-hydrogen) atoms. The van der Waals surface area contributed by atoms with Crippen molar-refractivity contribution in [1.82, 2.24) is 19.4 Å². The molecule has 9 nitrogen and oxygen atoms in total. The predicted molar refractivity (Wildman–Crippen MR) is 221 cm³/mol. The van der Waals surface area contributed by atoms with Gasteiger partial charge in [-0.1, -0.05) is 83.3 Å². The first-order valence-corrected chi connectivity index (χ1v) is 19.8. The van der Waals surface area contributed by atoms with Crippen LogP contribution in [0.15, 0.2) is 91.3 Å². The Bertz CT molecular complexity index is 2380. The minimum atomic E-state index is -0.364. The van der Waals surface area contributed by atoms with Gasteiger partial charge in [0, 0.05) is 69.2 Å². The van der Waals surface area contributed by atoms with E-state index in [-0.39, 0.29) is 30.5 Å². The number of likely N-dealkylation sites (tertiary alicyclic amines) is 1. The Morgan fingerprint density at radius 2 is 1.71 bits per heavy atom. The highest BCUT2D eigenvalue weighted by atomic mass is 35.5. The highest BCUT2D eigenvalue weighted by Gasteiger charge is 2.32. The number of amides is 2. The topological polar surface area (TPSA) is 106 Å². The fourth-order valence-corrected chi connectivity index (χ4v) is 8.90. The summed E-state index contributed by atoms with van der Waals surface area (Å²) in [5.74, 6) is -0.112. The monoisotopic (exact) mass is 794 g/mol. The highest BCUT2D eigenvalue weighted by molar-refractivity contribution is 6.35. The number of carbonyl (C=O) groups is 2. The minimum Gasteiger partial charge on any atom is -0.392 e. The summed E-state index contributed by atoms with van der Waals surface area (Å²) in [6.45, 7) is 4.15. The summed E-state index contributed by atoms with van der Waals surface area (Å²) in [6, 6.07) is 26.5. The van der Waals surface area contributed by atoms with Crippen molar-refractivity contribution in [2.45, 2.75) is 57.7 Å². The lowest BCUT2D eigenvalue weighted by Gasteiger charge is -2.41. The van der Waals surface area contributed by atoms with E-state index in [0.29, 0.717) is 55.2 Å². The fraction of sp³-hybridized carbons (Fsp3) is 0.279. The van der Waals surface area contributed by atoms with Crippen molar-refractivity contribution < 1.29 is 14.7 Å². The van der Waals surface area contributed by atoms with Gasteiger partial charge < -0.3 is 29.8 Å². The SMILES string of the molecule is CC(c1ccc(Cl)cc1Cl)n1cnc(-c2ccccc2)c1-c1c(C(=O)Nc2cc(CO)ccc2N2CCC(N3CCCCC3=O)CC2)[nH]c2cc(Cl)ccc12. The van der Waals surface area contributed by atoms with Crippen LogP contribution in [0.25, 0.3) is 33.4 Å². The molecule has 2 aliphatic heterocycles. The predicted octanol–water partition coefficient (Wildman–Crippen LogP) is 9.99. The number of nitrogens with zero attached hydrogens (tertiary/aromatic N) is 4. The van der Waals surface area contributed by atoms with Gasteiger partial charge in [0.2, 0.25) is 5.91 Å². The minimum absolute atomic E-state index is 0.177. The molecule has 1 unspecified atom stereocenters. The number of anilines is 2. The molecule has 4 heterocycles. The normalized spacial score (nSPS) is 15.8. The Morgan fingerprint density at radius 1 is 0.945 bits per heavy atom. The van der Waals surface area contributed by atoms with Crippen LogP contribution < -0.4 is 10.2 Å².